The summed E-state index contributed by atoms with van der Waals surface area (Å²) in [5.41, 5.74) is 2.73. The second-order valence-electron chi connectivity index (χ2n) is 5.76. The Bertz CT molecular complexity index is 457. The molecule has 0 aliphatic carbocycles. The highest BCUT2D eigenvalue weighted by Crippen LogP contribution is 2.17. The van der Waals surface area contributed by atoms with Gasteiger partial charge in [-0.1, -0.05) is 11.6 Å². The first-order valence-electron chi connectivity index (χ1n) is 7.78. The summed E-state index contributed by atoms with van der Waals surface area (Å²) >= 11 is 0. The Hall–Kier alpha value is -1.55. The predicted octanol–water partition coefficient (Wildman–Crippen LogP) is 2.89. The van der Waals surface area contributed by atoms with Crippen LogP contribution in [0.3, 0.4) is 0 Å². The normalized spacial score (nSPS) is 11.0. The maximum atomic E-state index is 12.3. The summed E-state index contributed by atoms with van der Waals surface area (Å²) in [7, 11) is 2.11. The van der Waals surface area contributed by atoms with E-state index < -0.39 is 0 Å². The smallest absolute Gasteiger partial charge is 0.253 e. The van der Waals surface area contributed by atoms with Crippen LogP contribution in [0.4, 0.5) is 5.69 Å². The highest BCUT2D eigenvalue weighted by molar-refractivity contribution is 5.99. The summed E-state index contributed by atoms with van der Waals surface area (Å²) in [6.45, 7) is 10.9. The Morgan fingerprint density at radius 3 is 2.67 bits per heavy atom. The lowest BCUT2D eigenvalue weighted by atomic mass is 10.1. The van der Waals surface area contributed by atoms with Gasteiger partial charge in [0, 0.05) is 24.8 Å². The van der Waals surface area contributed by atoms with Gasteiger partial charge in [0.05, 0.1) is 5.56 Å². The largest absolute Gasteiger partial charge is 0.385 e. The van der Waals surface area contributed by atoms with Gasteiger partial charge in [-0.15, -0.1) is 0 Å². The summed E-state index contributed by atoms with van der Waals surface area (Å²) < 4.78 is 0. The highest BCUT2D eigenvalue weighted by Gasteiger charge is 2.11. The van der Waals surface area contributed by atoms with E-state index in [9.17, 15) is 4.79 Å². The average Bonchev–Trinajstić information content (AvgIpc) is 2.45. The average molecular weight is 291 g/mol. The summed E-state index contributed by atoms with van der Waals surface area (Å²) in [6.07, 6.45) is 0.961. The molecule has 0 atom stereocenters. The standard InChI is InChI=1S/C17H29N3O/c1-6-18-16-9-8-14(4)12-15(16)17(21)19-10-7-11-20(5)13(2)3/h8-9,12-13,18H,6-7,10-11H2,1-5H3,(H,19,21). The molecule has 0 unspecified atom stereocenters. The van der Waals surface area contributed by atoms with E-state index in [2.05, 4.69) is 36.4 Å². The molecule has 0 aliphatic heterocycles. The fourth-order valence-electron chi connectivity index (χ4n) is 2.07. The number of anilines is 1. The molecule has 0 saturated carbocycles. The Morgan fingerprint density at radius 2 is 2.05 bits per heavy atom. The van der Waals surface area contributed by atoms with Crippen molar-refractivity contribution in [2.45, 2.75) is 40.2 Å². The first-order chi connectivity index (χ1) is 9.95. The van der Waals surface area contributed by atoms with Crippen LogP contribution in [0.1, 0.15) is 43.1 Å². The monoisotopic (exact) mass is 291 g/mol. The van der Waals surface area contributed by atoms with Gasteiger partial charge in [-0.25, -0.2) is 0 Å². The Kier molecular flexibility index (Phi) is 7.23. The Morgan fingerprint density at radius 1 is 1.33 bits per heavy atom. The summed E-state index contributed by atoms with van der Waals surface area (Å²) in [6, 6.07) is 6.47. The van der Waals surface area contributed by atoms with Gasteiger partial charge in [0.15, 0.2) is 0 Å². The molecular formula is C17H29N3O. The number of nitrogens with zero attached hydrogens (tertiary/aromatic N) is 1. The SMILES string of the molecule is CCNc1ccc(C)cc1C(=O)NCCCN(C)C(C)C. The molecule has 0 radical (unpaired) electrons. The topological polar surface area (TPSA) is 44.4 Å². The highest BCUT2D eigenvalue weighted by atomic mass is 16.1. The van der Waals surface area contributed by atoms with Gasteiger partial charge in [-0.2, -0.15) is 0 Å². The molecular weight excluding hydrogens is 262 g/mol. The zero-order valence-electron chi connectivity index (χ0n) is 14.0. The van der Waals surface area contributed by atoms with Crippen LogP contribution >= 0.6 is 0 Å². The molecule has 0 aliphatic rings. The van der Waals surface area contributed by atoms with Crippen molar-refractivity contribution >= 4 is 11.6 Å². The van der Waals surface area contributed by atoms with Crippen LogP contribution in [-0.4, -0.2) is 43.5 Å². The number of hydrogen-bond acceptors (Lipinski definition) is 3. The van der Waals surface area contributed by atoms with Gasteiger partial charge in [0.2, 0.25) is 0 Å². The second kappa shape index (κ2) is 8.67. The molecule has 1 amide bonds. The van der Waals surface area contributed by atoms with Crippen molar-refractivity contribution in [3.8, 4) is 0 Å². The number of rotatable bonds is 8. The van der Waals surface area contributed by atoms with Crippen molar-refractivity contribution in [2.24, 2.45) is 0 Å². The van der Waals surface area contributed by atoms with E-state index in [0.29, 0.717) is 12.6 Å². The summed E-state index contributed by atoms with van der Waals surface area (Å²) in [5.74, 6) is 0.00171. The van der Waals surface area contributed by atoms with E-state index >= 15 is 0 Å². The van der Waals surface area contributed by atoms with Gasteiger partial charge < -0.3 is 15.5 Å². The number of carbonyl (C=O) groups is 1. The van der Waals surface area contributed by atoms with E-state index in [1.54, 1.807) is 0 Å². The first kappa shape index (κ1) is 17.5. The minimum Gasteiger partial charge on any atom is -0.385 e. The molecule has 0 spiro atoms. The van der Waals surface area contributed by atoms with Crippen LogP contribution < -0.4 is 10.6 Å². The van der Waals surface area contributed by atoms with E-state index in [-0.39, 0.29) is 5.91 Å². The van der Waals surface area contributed by atoms with Crippen LogP contribution in [0.5, 0.6) is 0 Å². The minimum atomic E-state index is 0.00171. The first-order valence-corrected chi connectivity index (χ1v) is 7.78. The second-order valence-corrected chi connectivity index (χ2v) is 5.76. The quantitative estimate of drug-likeness (QED) is 0.724. The molecule has 2 N–H and O–H groups in total. The molecule has 0 saturated heterocycles. The fourth-order valence-corrected chi connectivity index (χ4v) is 2.07. The third-order valence-corrected chi connectivity index (χ3v) is 3.64. The van der Waals surface area contributed by atoms with Crippen molar-refractivity contribution in [3.63, 3.8) is 0 Å². The summed E-state index contributed by atoms with van der Waals surface area (Å²) in [4.78, 5) is 14.6. The fraction of sp³-hybridized carbons (Fsp3) is 0.588. The summed E-state index contributed by atoms with van der Waals surface area (Å²) in [5, 5.41) is 6.25. The maximum absolute atomic E-state index is 12.3. The lowest BCUT2D eigenvalue weighted by molar-refractivity contribution is 0.0952. The van der Waals surface area contributed by atoms with Gasteiger partial charge in [0.25, 0.3) is 5.91 Å². The third kappa shape index (κ3) is 5.76. The van der Waals surface area contributed by atoms with Gasteiger partial charge in [-0.3, -0.25) is 4.79 Å². The van der Waals surface area contributed by atoms with E-state index in [1.807, 2.05) is 32.0 Å². The van der Waals surface area contributed by atoms with Crippen LogP contribution in [0.2, 0.25) is 0 Å². The van der Waals surface area contributed by atoms with E-state index in [4.69, 9.17) is 0 Å². The predicted molar refractivity (Wildman–Crippen MR) is 90.1 cm³/mol. The number of hydrogen-bond donors (Lipinski definition) is 2. The van der Waals surface area contributed by atoms with Crippen LogP contribution in [0.25, 0.3) is 0 Å². The molecule has 21 heavy (non-hydrogen) atoms. The van der Waals surface area contributed by atoms with Crippen molar-refractivity contribution < 1.29 is 4.79 Å². The van der Waals surface area contributed by atoms with Crippen LogP contribution in [0.15, 0.2) is 18.2 Å². The lowest BCUT2D eigenvalue weighted by Crippen LogP contribution is -2.31. The van der Waals surface area contributed by atoms with Crippen molar-refractivity contribution in [1.82, 2.24) is 10.2 Å². The van der Waals surface area contributed by atoms with E-state index in [0.717, 1.165) is 36.3 Å². The zero-order valence-corrected chi connectivity index (χ0v) is 14.0. The molecule has 0 heterocycles. The molecule has 1 aromatic rings. The Labute approximate surface area is 128 Å². The molecule has 0 bridgehead atoms. The molecule has 1 rings (SSSR count). The van der Waals surface area contributed by atoms with E-state index in [1.165, 1.54) is 0 Å². The van der Waals surface area contributed by atoms with Crippen LogP contribution in [0, 0.1) is 6.92 Å². The maximum Gasteiger partial charge on any atom is 0.253 e. The van der Waals surface area contributed by atoms with Gasteiger partial charge in [0.1, 0.15) is 0 Å². The molecule has 4 nitrogen and oxygen atoms in total. The number of nitrogens with one attached hydrogen (secondary N) is 2. The van der Waals surface area contributed by atoms with Crippen molar-refractivity contribution in [1.29, 1.82) is 0 Å². The Balaban J connectivity index is 2.53. The van der Waals surface area contributed by atoms with Crippen LogP contribution in [-0.2, 0) is 0 Å². The van der Waals surface area contributed by atoms with Crippen molar-refractivity contribution in [2.75, 3.05) is 32.0 Å². The molecule has 0 fully saturated rings. The number of benzene rings is 1. The number of amides is 1. The lowest BCUT2D eigenvalue weighted by Gasteiger charge is -2.20. The van der Waals surface area contributed by atoms with Gasteiger partial charge in [-0.05, 0) is 59.8 Å². The molecule has 118 valence electrons. The number of carbonyl (C=O) groups excluding carboxylic acids is 1. The third-order valence-electron chi connectivity index (χ3n) is 3.64. The molecule has 1 aromatic carbocycles. The number of aryl methyl sites for hydroxylation is 1. The van der Waals surface area contributed by atoms with Crippen molar-refractivity contribution in [3.05, 3.63) is 29.3 Å². The zero-order chi connectivity index (χ0) is 15.8. The molecule has 4 heteroatoms. The van der Waals surface area contributed by atoms with Gasteiger partial charge >= 0.3 is 0 Å². The molecule has 0 aromatic heterocycles. The minimum absolute atomic E-state index is 0.00171.